The Morgan fingerprint density at radius 1 is 0.811 bits per heavy atom. The molecule has 0 spiro atoms. The molecular formula is C27H33N3O7. The van der Waals surface area contributed by atoms with Gasteiger partial charge in [-0.25, -0.2) is 10.9 Å². The lowest BCUT2D eigenvalue weighted by atomic mass is 9.68. The number of ether oxygens (including phenoxy) is 5. The van der Waals surface area contributed by atoms with Crippen molar-refractivity contribution < 1.29 is 33.6 Å². The van der Waals surface area contributed by atoms with Crippen molar-refractivity contribution in [2.45, 2.75) is 37.1 Å². The molecule has 5 atom stereocenters. The summed E-state index contributed by atoms with van der Waals surface area (Å²) in [5.41, 5.74) is 9.33. The number of carbonyl (C=O) groups is 1. The van der Waals surface area contributed by atoms with Crippen molar-refractivity contribution in [3.8, 4) is 28.7 Å². The maximum atomic E-state index is 13.9. The van der Waals surface area contributed by atoms with Gasteiger partial charge >= 0.3 is 0 Å². The molecule has 0 amide bonds. The van der Waals surface area contributed by atoms with E-state index in [1.165, 1.54) is 0 Å². The zero-order chi connectivity index (χ0) is 26.3. The van der Waals surface area contributed by atoms with Crippen molar-refractivity contribution in [2.75, 3.05) is 35.5 Å². The number of Topliss-reactive ketones (excluding diaryl/α,β-unsaturated/α-hetero) is 1. The second-order valence-corrected chi connectivity index (χ2v) is 9.37. The molecule has 0 radical (unpaired) electrons. The van der Waals surface area contributed by atoms with Crippen molar-refractivity contribution in [1.29, 1.82) is 0 Å². The molecular weight excluding hydrogens is 478 g/mol. The van der Waals surface area contributed by atoms with Gasteiger partial charge in [0.2, 0.25) is 5.75 Å². The average molecular weight is 512 g/mol. The van der Waals surface area contributed by atoms with Gasteiger partial charge in [0.05, 0.1) is 41.7 Å². The lowest BCUT2D eigenvalue weighted by Gasteiger charge is -2.42. The van der Waals surface area contributed by atoms with Gasteiger partial charge in [-0.1, -0.05) is 12.1 Å². The third-order valence-electron chi connectivity index (χ3n) is 7.62. The van der Waals surface area contributed by atoms with Gasteiger partial charge in [0.15, 0.2) is 28.8 Å². The normalized spacial score (nSPS) is 26.6. The average Bonchev–Trinajstić information content (AvgIpc) is 3.30. The highest BCUT2D eigenvalue weighted by Gasteiger charge is 2.51. The SMILES string of the molecule is COc1ccc([C@H]2CC(=O)C3=C(C2)NC2NNC(O)C2[C@@H]3c2ccc(OC)c(OC)c2OC)cc1OC. The fourth-order valence-electron chi connectivity index (χ4n) is 5.94. The molecule has 0 bridgehead atoms. The Morgan fingerprint density at radius 3 is 2.19 bits per heavy atom. The molecule has 3 unspecified atom stereocenters. The predicted octanol–water partition coefficient (Wildman–Crippen LogP) is 2.19. The first-order valence-electron chi connectivity index (χ1n) is 12.2. The highest BCUT2D eigenvalue weighted by molar-refractivity contribution is 5.99. The van der Waals surface area contributed by atoms with Crippen LogP contribution in [0.5, 0.6) is 28.7 Å². The molecule has 0 saturated carbocycles. The number of allylic oxidation sites excluding steroid dienone is 2. The molecule has 1 aliphatic carbocycles. The number of nitrogens with one attached hydrogen (secondary N) is 3. The second-order valence-electron chi connectivity index (χ2n) is 9.37. The molecule has 2 aromatic carbocycles. The second kappa shape index (κ2) is 10.1. The Hall–Kier alpha value is -3.47. The van der Waals surface area contributed by atoms with Crippen LogP contribution in [0, 0.1) is 5.92 Å². The molecule has 1 saturated heterocycles. The van der Waals surface area contributed by atoms with Gasteiger partial charge in [-0.05, 0) is 36.1 Å². The van der Waals surface area contributed by atoms with Gasteiger partial charge in [-0.15, -0.1) is 0 Å². The van der Waals surface area contributed by atoms with Gasteiger partial charge in [-0.3, -0.25) is 4.79 Å². The van der Waals surface area contributed by atoms with E-state index in [2.05, 4.69) is 16.2 Å². The molecule has 2 aromatic rings. The summed E-state index contributed by atoms with van der Waals surface area (Å²) in [7, 11) is 7.87. The summed E-state index contributed by atoms with van der Waals surface area (Å²) in [5, 5.41) is 14.4. The number of ketones is 1. The van der Waals surface area contributed by atoms with Crippen LogP contribution in [0.2, 0.25) is 0 Å². The molecule has 2 heterocycles. The summed E-state index contributed by atoms with van der Waals surface area (Å²) in [5.74, 6) is 1.89. The molecule has 3 aliphatic rings. The van der Waals surface area contributed by atoms with E-state index in [1.54, 1.807) is 41.6 Å². The van der Waals surface area contributed by atoms with Gasteiger partial charge in [-0.2, -0.15) is 0 Å². The monoisotopic (exact) mass is 511 g/mol. The predicted molar refractivity (Wildman–Crippen MR) is 135 cm³/mol. The Labute approximate surface area is 215 Å². The molecule has 0 aromatic heterocycles. The van der Waals surface area contributed by atoms with Crippen molar-refractivity contribution in [3.05, 3.63) is 52.7 Å². The number of fused-ring (bicyclic) bond motifs is 1. The standard InChI is InChI=1S/C27H33N3O7/c1-33-18-8-6-13(12-20(18)35-3)14-10-16-22(17(31)11-14)21(23-26(28-16)29-30-27(23)32)15-7-9-19(34-2)25(37-5)24(15)36-4/h6-9,12,14,21,23,26-30,32H,10-11H2,1-5H3/t14-,21-,23?,26?,27?/m1/s1. The molecule has 198 valence electrons. The number of methoxy groups -OCH3 is 5. The van der Waals surface area contributed by atoms with Crippen LogP contribution in [-0.4, -0.2) is 58.8 Å². The zero-order valence-electron chi connectivity index (χ0n) is 21.6. The van der Waals surface area contributed by atoms with Gasteiger partial charge in [0.1, 0.15) is 6.23 Å². The molecule has 37 heavy (non-hydrogen) atoms. The van der Waals surface area contributed by atoms with Crippen LogP contribution in [-0.2, 0) is 4.79 Å². The molecule has 1 fully saturated rings. The lowest BCUT2D eigenvalue weighted by Crippen LogP contribution is -2.51. The van der Waals surface area contributed by atoms with Crippen LogP contribution in [0.25, 0.3) is 0 Å². The van der Waals surface area contributed by atoms with Crippen LogP contribution in [0.3, 0.4) is 0 Å². The minimum atomic E-state index is -0.884. The van der Waals surface area contributed by atoms with E-state index in [0.717, 1.165) is 16.8 Å². The fraction of sp³-hybridized carbons (Fsp3) is 0.444. The van der Waals surface area contributed by atoms with Gasteiger partial charge < -0.3 is 34.1 Å². The summed E-state index contributed by atoms with van der Waals surface area (Å²) in [6.07, 6.45) is -0.223. The third-order valence-corrected chi connectivity index (χ3v) is 7.62. The van der Waals surface area contributed by atoms with Crippen molar-refractivity contribution in [3.63, 3.8) is 0 Å². The Kier molecular flexibility index (Phi) is 6.89. The van der Waals surface area contributed by atoms with Gasteiger partial charge in [0, 0.05) is 35.1 Å². The Balaban J connectivity index is 1.61. The molecule has 10 nitrogen and oxygen atoms in total. The number of hydrogen-bond donors (Lipinski definition) is 4. The molecule has 5 rings (SSSR count). The molecule has 10 heteroatoms. The quantitative estimate of drug-likeness (QED) is 0.440. The van der Waals surface area contributed by atoms with Crippen LogP contribution >= 0.6 is 0 Å². The highest BCUT2D eigenvalue weighted by atomic mass is 16.5. The van der Waals surface area contributed by atoms with E-state index in [-0.39, 0.29) is 23.8 Å². The number of carbonyl (C=O) groups excluding carboxylic acids is 1. The Bertz CT molecular complexity index is 1230. The third kappa shape index (κ3) is 4.14. The van der Waals surface area contributed by atoms with Crippen molar-refractivity contribution in [2.24, 2.45) is 5.92 Å². The maximum absolute atomic E-state index is 13.9. The smallest absolute Gasteiger partial charge is 0.203 e. The van der Waals surface area contributed by atoms with Crippen LogP contribution < -0.4 is 39.9 Å². The molecule has 4 N–H and O–H groups in total. The fourth-order valence-corrected chi connectivity index (χ4v) is 5.94. The Morgan fingerprint density at radius 2 is 1.51 bits per heavy atom. The maximum Gasteiger partial charge on any atom is 0.203 e. The first-order valence-corrected chi connectivity index (χ1v) is 12.2. The number of aliphatic hydroxyl groups excluding tert-OH is 1. The number of rotatable bonds is 7. The van der Waals surface area contributed by atoms with E-state index in [0.29, 0.717) is 47.2 Å². The summed E-state index contributed by atoms with van der Waals surface area (Å²) < 4.78 is 27.8. The first-order chi connectivity index (χ1) is 17.9. The summed E-state index contributed by atoms with van der Waals surface area (Å²) in [6.45, 7) is 0. The first kappa shape index (κ1) is 25.2. The number of aliphatic hydroxyl groups is 1. The van der Waals surface area contributed by atoms with Crippen LogP contribution in [0.1, 0.15) is 35.8 Å². The molecule has 2 aliphatic heterocycles. The van der Waals surface area contributed by atoms with Crippen molar-refractivity contribution in [1.82, 2.24) is 16.2 Å². The summed E-state index contributed by atoms with van der Waals surface area (Å²) >= 11 is 0. The van der Waals surface area contributed by atoms with Crippen LogP contribution in [0.4, 0.5) is 0 Å². The van der Waals surface area contributed by atoms with E-state index in [4.69, 9.17) is 23.7 Å². The van der Waals surface area contributed by atoms with Gasteiger partial charge in [0.25, 0.3) is 0 Å². The topological polar surface area (TPSA) is 120 Å². The minimum absolute atomic E-state index is 0.0212. The van der Waals surface area contributed by atoms with E-state index >= 15 is 0 Å². The largest absolute Gasteiger partial charge is 0.493 e. The lowest BCUT2D eigenvalue weighted by molar-refractivity contribution is -0.117. The van der Waals surface area contributed by atoms with Crippen LogP contribution in [0.15, 0.2) is 41.6 Å². The zero-order valence-corrected chi connectivity index (χ0v) is 21.6. The number of hydrazine groups is 1. The number of benzene rings is 2. The van der Waals surface area contributed by atoms with E-state index in [1.807, 2.05) is 24.3 Å². The van der Waals surface area contributed by atoms with E-state index in [9.17, 15) is 9.90 Å². The van der Waals surface area contributed by atoms with Crippen molar-refractivity contribution >= 4 is 5.78 Å². The minimum Gasteiger partial charge on any atom is -0.493 e. The highest BCUT2D eigenvalue weighted by Crippen LogP contribution is 2.52. The van der Waals surface area contributed by atoms with E-state index < -0.39 is 12.1 Å². The summed E-state index contributed by atoms with van der Waals surface area (Å²) in [4.78, 5) is 13.9. The summed E-state index contributed by atoms with van der Waals surface area (Å²) in [6, 6.07) is 9.46. The number of hydrogen-bond acceptors (Lipinski definition) is 10.